The van der Waals surface area contributed by atoms with Crippen LogP contribution < -0.4 is 11.3 Å². The lowest BCUT2D eigenvalue weighted by molar-refractivity contribution is -0.120. The first-order chi connectivity index (χ1) is 6.95. The fourth-order valence-corrected chi connectivity index (χ4v) is 1.55. The molecule has 4 nitrogen and oxygen atoms in total. The predicted molar refractivity (Wildman–Crippen MR) is 58.5 cm³/mol. The van der Waals surface area contributed by atoms with E-state index in [1.807, 2.05) is 12.2 Å². The maximum absolute atomic E-state index is 11.2. The van der Waals surface area contributed by atoms with Crippen molar-refractivity contribution in [1.29, 1.82) is 0 Å². The van der Waals surface area contributed by atoms with Crippen molar-refractivity contribution in [3.63, 3.8) is 0 Å². The van der Waals surface area contributed by atoms with Crippen molar-refractivity contribution in [2.24, 2.45) is 11.3 Å². The summed E-state index contributed by atoms with van der Waals surface area (Å²) in [5.41, 5.74) is 2.93. The van der Waals surface area contributed by atoms with Gasteiger partial charge in [0.15, 0.2) is 0 Å². The highest BCUT2D eigenvalue weighted by Gasteiger charge is 2.24. The van der Waals surface area contributed by atoms with Gasteiger partial charge in [0.05, 0.1) is 6.42 Å². The third-order valence-corrected chi connectivity index (χ3v) is 2.13. The van der Waals surface area contributed by atoms with E-state index < -0.39 is 0 Å². The molecule has 0 spiro atoms. The zero-order valence-electron chi connectivity index (χ0n) is 9.46. The van der Waals surface area contributed by atoms with Crippen molar-refractivity contribution in [3.8, 4) is 0 Å². The Balaban J connectivity index is 2.92. The Bertz CT molecular complexity index is 311. The van der Waals surface area contributed by atoms with Gasteiger partial charge in [0, 0.05) is 5.41 Å². The predicted octanol–water partition coefficient (Wildman–Crippen LogP) is 1.25. The second-order valence-corrected chi connectivity index (χ2v) is 4.56. The average Bonchev–Trinajstić information content (AvgIpc) is 2.17. The zero-order valence-corrected chi connectivity index (χ0v) is 9.46. The highest BCUT2D eigenvalue weighted by molar-refractivity contribution is 5.78. The van der Waals surface area contributed by atoms with Crippen LogP contribution in [0.15, 0.2) is 23.5 Å². The molecule has 0 aromatic rings. The van der Waals surface area contributed by atoms with Gasteiger partial charge in [0.1, 0.15) is 12.4 Å². The molecule has 1 aliphatic rings. The lowest BCUT2D eigenvalue weighted by Crippen LogP contribution is -2.31. The van der Waals surface area contributed by atoms with Crippen LogP contribution in [0, 0.1) is 5.41 Å². The van der Waals surface area contributed by atoms with Crippen molar-refractivity contribution in [1.82, 2.24) is 5.43 Å². The van der Waals surface area contributed by atoms with E-state index in [1.54, 1.807) is 0 Å². The summed E-state index contributed by atoms with van der Waals surface area (Å²) in [4.78, 5) is 11.2. The third-order valence-electron chi connectivity index (χ3n) is 2.13. The number of allylic oxidation sites excluding steroid dienone is 2. The summed E-state index contributed by atoms with van der Waals surface area (Å²) in [5, 5.41) is 0. The Morgan fingerprint density at radius 3 is 2.80 bits per heavy atom. The minimum absolute atomic E-state index is 0.0883. The molecule has 0 aliphatic carbocycles. The summed E-state index contributed by atoms with van der Waals surface area (Å²) in [7, 11) is 0. The van der Waals surface area contributed by atoms with Gasteiger partial charge in [-0.2, -0.15) is 0 Å². The van der Waals surface area contributed by atoms with Crippen molar-refractivity contribution >= 4 is 5.91 Å². The van der Waals surface area contributed by atoms with Crippen LogP contribution in [0.1, 0.15) is 27.2 Å². The van der Waals surface area contributed by atoms with Gasteiger partial charge >= 0.3 is 0 Å². The molecule has 3 N–H and O–H groups in total. The van der Waals surface area contributed by atoms with E-state index in [0.717, 1.165) is 11.3 Å². The molecule has 0 fully saturated rings. The third kappa shape index (κ3) is 3.09. The molecule has 1 amide bonds. The van der Waals surface area contributed by atoms with Crippen LogP contribution in [0.4, 0.5) is 0 Å². The second kappa shape index (κ2) is 4.49. The lowest BCUT2D eigenvalue weighted by Gasteiger charge is -2.27. The molecule has 1 heterocycles. The number of carbonyl (C=O) groups is 1. The van der Waals surface area contributed by atoms with Crippen molar-refractivity contribution < 1.29 is 9.53 Å². The van der Waals surface area contributed by atoms with Gasteiger partial charge in [0.25, 0.3) is 0 Å². The minimum Gasteiger partial charge on any atom is -0.493 e. The molecule has 0 saturated heterocycles. The van der Waals surface area contributed by atoms with Gasteiger partial charge in [-0.25, -0.2) is 5.84 Å². The summed E-state index contributed by atoms with van der Waals surface area (Å²) in [6, 6.07) is 0. The molecule has 0 unspecified atom stereocenters. The number of hydrogen-bond acceptors (Lipinski definition) is 3. The monoisotopic (exact) mass is 210 g/mol. The van der Waals surface area contributed by atoms with Crippen LogP contribution in [0.3, 0.4) is 0 Å². The van der Waals surface area contributed by atoms with Gasteiger partial charge in [-0.05, 0) is 11.6 Å². The number of carbonyl (C=O) groups excluding carboxylic acids is 1. The molecule has 0 aromatic carbocycles. The molecule has 0 atom stereocenters. The Morgan fingerprint density at radius 1 is 1.60 bits per heavy atom. The number of rotatable bonds is 2. The first-order valence-electron chi connectivity index (χ1n) is 4.97. The summed E-state index contributed by atoms with van der Waals surface area (Å²) in [6.45, 7) is 6.74. The quantitative estimate of drug-likeness (QED) is 0.409. The number of nitrogens with one attached hydrogen (secondary N) is 1. The van der Waals surface area contributed by atoms with Gasteiger partial charge in [-0.1, -0.05) is 26.8 Å². The largest absolute Gasteiger partial charge is 0.493 e. The highest BCUT2D eigenvalue weighted by atomic mass is 16.5. The maximum atomic E-state index is 11.2. The summed E-state index contributed by atoms with van der Waals surface area (Å²) in [6.07, 6.45) is 4.09. The number of amides is 1. The van der Waals surface area contributed by atoms with Crippen LogP contribution in [-0.2, 0) is 9.53 Å². The van der Waals surface area contributed by atoms with E-state index >= 15 is 0 Å². The van der Waals surface area contributed by atoms with Crippen molar-refractivity contribution in [3.05, 3.63) is 23.5 Å². The molecule has 0 bridgehead atoms. The van der Waals surface area contributed by atoms with Crippen molar-refractivity contribution in [2.75, 3.05) is 6.61 Å². The van der Waals surface area contributed by atoms with Gasteiger partial charge in [-0.15, -0.1) is 0 Å². The minimum atomic E-state index is -0.207. The average molecular weight is 210 g/mol. The van der Waals surface area contributed by atoms with Crippen LogP contribution in [0.25, 0.3) is 0 Å². The summed E-state index contributed by atoms with van der Waals surface area (Å²) < 4.78 is 5.57. The number of hydrazine groups is 1. The Morgan fingerprint density at radius 2 is 2.27 bits per heavy atom. The maximum Gasteiger partial charge on any atom is 0.238 e. The van der Waals surface area contributed by atoms with Crippen LogP contribution >= 0.6 is 0 Å². The molecule has 1 rings (SSSR count). The van der Waals surface area contributed by atoms with E-state index in [2.05, 4.69) is 26.2 Å². The van der Waals surface area contributed by atoms with Crippen LogP contribution in [0.5, 0.6) is 0 Å². The van der Waals surface area contributed by atoms with E-state index in [0.29, 0.717) is 6.61 Å². The van der Waals surface area contributed by atoms with Gasteiger partial charge < -0.3 is 4.74 Å². The normalized spacial score (nSPS) is 16.3. The van der Waals surface area contributed by atoms with E-state index in [9.17, 15) is 4.79 Å². The molecule has 0 aromatic heterocycles. The zero-order chi connectivity index (χ0) is 11.5. The number of nitrogens with two attached hydrogens (primary N) is 1. The molecule has 84 valence electrons. The van der Waals surface area contributed by atoms with E-state index in [1.165, 1.54) is 0 Å². The van der Waals surface area contributed by atoms with Crippen LogP contribution in [-0.4, -0.2) is 12.5 Å². The highest BCUT2D eigenvalue weighted by Crippen LogP contribution is 2.32. The Hall–Kier alpha value is -1.29. The standard InChI is InChI=1S/C11H18N2O2/c1-11(2,3)10-8(5-4-6-15-10)7-9(14)13-12/h4-5H,6-7,12H2,1-3H3,(H,13,14). The molecule has 0 saturated carbocycles. The fraction of sp³-hybridized carbons (Fsp3) is 0.545. The van der Waals surface area contributed by atoms with Crippen LogP contribution in [0.2, 0.25) is 0 Å². The van der Waals surface area contributed by atoms with E-state index in [-0.39, 0.29) is 17.7 Å². The number of hydrogen-bond donors (Lipinski definition) is 2. The Kier molecular flexibility index (Phi) is 3.52. The smallest absolute Gasteiger partial charge is 0.238 e. The van der Waals surface area contributed by atoms with Gasteiger partial charge in [0.2, 0.25) is 5.91 Å². The first kappa shape index (κ1) is 11.8. The fourth-order valence-electron chi connectivity index (χ4n) is 1.55. The Labute approximate surface area is 90.1 Å². The first-order valence-corrected chi connectivity index (χ1v) is 4.97. The summed E-state index contributed by atoms with van der Waals surface area (Å²) >= 11 is 0. The SMILES string of the molecule is CC(C)(C)C1=C(CC(=O)NN)C=CCO1. The molecule has 1 aliphatic heterocycles. The number of ether oxygens (including phenoxy) is 1. The van der Waals surface area contributed by atoms with E-state index in [4.69, 9.17) is 10.6 Å². The van der Waals surface area contributed by atoms with Crippen molar-refractivity contribution in [2.45, 2.75) is 27.2 Å². The molecule has 4 heteroatoms. The summed E-state index contributed by atoms with van der Waals surface area (Å²) in [5.74, 6) is 5.72. The second-order valence-electron chi connectivity index (χ2n) is 4.56. The molecular formula is C11H18N2O2. The lowest BCUT2D eigenvalue weighted by atomic mass is 9.88. The topological polar surface area (TPSA) is 64.4 Å². The molecular weight excluding hydrogens is 192 g/mol. The molecule has 0 radical (unpaired) electrons. The van der Waals surface area contributed by atoms with Gasteiger partial charge in [-0.3, -0.25) is 10.2 Å². The molecule has 15 heavy (non-hydrogen) atoms.